The molecule has 2 rings (SSSR count). The van der Waals surface area contributed by atoms with Crippen LogP contribution in [0.2, 0.25) is 5.02 Å². The fourth-order valence-electron chi connectivity index (χ4n) is 2.25. The van der Waals surface area contributed by atoms with Crippen LogP contribution in [0.5, 0.6) is 11.5 Å². The van der Waals surface area contributed by atoms with E-state index in [0.29, 0.717) is 22.2 Å². The number of amides is 2. The molecule has 6 heteroatoms. The summed E-state index contributed by atoms with van der Waals surface area (Å²) >= 11 is 6.08. The van der Waals surface area contributed by atoms with Gasteiger partial charge in [-0.1, -0.05) is 11.6 Å². The predicted octanol–water partition coefficient (Wildman–Crippen LogP) is 3.38. The van der Waals surface area contributed by atoms with Crippen molar-refractivity contribution < 1.29 is 14.3 Å². The van der Waals surface area contributed by atoms with Gasteiger partial charge in [-0.25, -0.2) is 4.79 Å². The molecule has 1 heterocycles. The monoisotopic (exact) mass is 298 g/mol. The highest BCUT2D eigenvalue weighted by molar-refractivity contribution is 6.32. The lowest BCUT2D eigenvalue weighted by Crippen LogP contribution is -2.38. The second-order valence-corrected chi connectivity index (χ2v) is 5.07. The number of halogens is 1. The standard InChI is InChI=1S/C14H19ClN2O3/c1-19-12-9-13(20-2)11(8-10(12)15)16-14(18)17-6-4-3-5-7-17/h8-9H,3-7H2,1-2H3,(H,16,18). The molecule has 0 radical (unpaired) electrons. The summed E-state index contributed by atoms with van der Waals surface area (Å²) in [6, 6.07) is 3.18. The van der Waals surface area contributed by atoms with E-state index >= 15 is 0 Å². The third kappa shape index (κ3) is 3.28. The van der Waals surface area contributed by atoms with E-state index in [2.05, 4.69) is 5.32 Å². The Bertz CT molecular complexity index is 488. The summed E-state index contributed by atoms with van der Waals surface area (Å²) in [7, 11) is 3.08. The molecule has 2 amide bonds. The van der Waals surface area contributed by atoms with Gasteiger partial charge in [0.2, 0.25) is 0 Å². The lowest BCUT2D eigenvalue weighted by Gasteiger charge is -2.27. The van der Waals surface area contributed by atoms with Gasteiger partial charge in [0.1, 0.15) is 11.5 Å². The topological polar surface area (TPSA) is 50.8 Å². The molecule has 0 aliphatic carbocycles. The molecule has 1 saturated heterocycles. The smallest absolute Gasteiger partial charge is 0.321 e. The molecule has 1 aromatic rings. The molecule has 0 spiro atoms. The maximum absolute atomic E-state index is 12.2. The van der Waals surface area contributed by atoms with Crippen molar-refractivity contribution in [2.75, 3.05) is 32.6 Å². The van der Waals surface area contributed by atoms with Crippen molar-refractivity contribution in [3.8, 4) is 11.5 Å². The van der Waals surface area contributed by atoms with Gasteiger partial charge in [-0.3, -0.25) is 0 Å². The van der Waals surface area contributed by atoms with Gasteiger partial charge >= 0.3 is 6.03 Å². The van der Waals surface area contributed by atoms with Crippen LogP contribution in [0.25, 0.3) is 0 Å². The molecule has 1 aliphatic rings. The lowest BCUT2D eigenvalue weighted by atomic mass is 10.1. The zero-order valence-electron chi connectivity index (χ0n) is 11.7. The summed E-state index contributed by atoms with van der Waals surface area (Å²) in [6.45, 7) is 1.58. The molecule has 5 nitrogen and oxygen atoms in total. The number of benzene rings is 1. The molecular formula is C14H19ClN2O3. The third-order valence-electron chi connectivity index (χ3n) is 3.36. The van der Waals surface area contributed by atoms with Crippen LogP contribution in [0, 0.1) is 0 Å². The number of piperidine rings is 1. The Morgan fingerprint density at radius 1 is 1.15 bits per heavy atom. The summed E-state index contributed by atoms with van der Waals surface area (Å²) in [5.41, 5.74) is 0.550. The van der Waals surface area contributed by atoms with Crippen molar-refractivity contribution >= 4 is 23.3 Å². The quantitative estimate of drug-likeness (QED) is 0.931. The predicted molar refractivity (Wildman–Crippen MR) is 79.0 cm³/mol. The van der Waals surface area contributed by atoms with Crippen molar-refractivity contribution in [3.63, 3.8) is 0 Å². The molecule has 1 aliphatic heterocycles. The van der Waals surface area contributed by atoms with Crippen molar-refractivity contribution in [2.45, 2.75) is 19.3 Å². The Morgan fingerprint density at radius 3 is 2.40 bits per heavy atom. The van der Waals surface area contributed by atoms with Crippen LogP contribution < -0.4 is 14.8 Å². The SMILES string of the molecule is COc1cc(OC)c(NC(=O)N2CCCCC2)cc1Cl. The summed E-state index contributed by atoms with van der Waals surface area (Å²) in [5.74, 6) is 1.04. The third-order valence-corrected chi connectivity index (χ3v) is 3.65. The fourth-order valence-corrected chi connectivity index (χ4v) is 2.49. The van der Waals surface area contributed by atoms with E-state index in [1.807, 2.05) is 0 Å². The highest BCUT2D eigenvalue weighted by atomic mass is 35.5. The first kappa shape index (κ1) is 14.8. The van der Waals surface area contributed by atoms with E-state index in [1.54, 1.807) is 24.1 Å². The second-order valence-electron chi connectivity index (χ2n) is 4.66. The summed E-state index contributed by atoms with van der Waals surface area (Å²) < 4.78 is 10.4. The maximum atomic E-state index is 12.2. The van der Waals surface area contributed by atoms with Crippen LogP contribution in [0.4, 0.5) is 10.5 Å². The molecule has 0 saturated carbocycles. The molecule has 0 bridgehead atoms. The highest BCUT2D eigenvalue weighted by Crippen LogP contribution is 2.36. The fraction of sp³-hybridized carbons (Fsp3) is 0.500. The first-order valence-corrected chi connectivity index (χ1v) is 7.01. The number of carbonyl (C=O) groups excluding carboxylic acids is 1. The number of likely N-dealkylation sites (tertiary alicyclic amines) is 1. The zero-order chi connectivity index (χ0) is 14.5. The lowest BCUT2D eigenvalue weighted by molar-refractivity contribution is 0.200. The number of urea groups is 1. The number of anilines is 1. The number of ether oxygens (including phenoxy) is 2. The maximum Gasteiger partial charge on any atom is 0.321 e. The highest BCUT2D eigenvalue weighted by Gasteiger charge is 2.18. The van der Waals surface area contributed by atoms with Crippen molar-refractivity contribution in [3.05, 3.63) is 17.2 Å². The van der Waals surface area contributed by atoms with Crippen LogP contribution in [0.3, 0.4) is 0 Å². The van der Waals surface area contributed by atoms with Crippen LogP contribution >= 0.6 is 11.6 Å². The minimum atomic E-state index is -0.121. The molecule has 0 aromatic heterocycles. The van der Waals surface area contributed by atoms with Gasteiger partial charge in [-0.2, -0.15) is 0 Å². The average Bonchev–Trinajstić information content (AvgIpc) is 2.48. The van der Waals surface area contributed by atoms with E-state index < -0.39 is 0 Å². The van der Waals surface area contributed by atoms with Crippen molar-refractivity contribution in [1.82, 2.24) is 4.90 Å². The van der Waals surface area contributed by atoms with E-state index in [9.17, 15) is 4.79 Å². The zero-order valence-corrected chi connectivity index (χ0v) is 12.5. The Kier molecular flexibility index (Phi) is 4.95. The number of rotatable bonds is 3. The Balaban J connectivity index is 2.15. The normalized spacial score (nSPS) is 14.8. The molecule has 110 valence electrons. The van der Waals surface area contributed by atoms with Gasteiger partial charge in [0.15, 0.2) is 0 Å². The van der Waals surface area contributed by atoms with Gasteiger partial charge in [0.05, 0.1) is 24.9 Å². The van der Waals surface area contributed by atoms with Crippen molar-refractivity contribution in [2.24, 2.45) is 0 Å². The Morgan fingerprint density at radius 2 is 1.80 bits per heavy atom. The first-order valence-electron chi connectivity index (χ1n) is 6.63. The molecule has 0 unspecified atom stereocenters. The van der Waals surface area contributed by atoms with Crippen LogP contribution in [-0.2, 0) is 0 Å². The van der Waals surface area contributed by atoms with Crippen molar-refractivity contribution in [1.29, 1.82) is 0 Å². The molecular weight excluding hydrogens is 280 g/mol. The van der Waals surface area contributed by atoms with Crippen LogP contribution in [-0.4, -0.2) is 38.2 Å². The number of hydrogen-bond donors (Lipinski definition) is 1. The first-order chi connectivity index (χ1) is 9.65. The van der Waals surface area contributed by atoms with Crippen LogP contribution in [0.1, 0.15) is 19.3 Å². The summed E-state index contributed by atoms with van der Waals surface area (Å²) in [5, 5.41) is 3.28. The number of nitrogens with zero attached hydrogens (tertiary/aromatic N) is 1. The molecule has 1 N–H and O–H groups in total. The van der Waals surface area contributed by atoms with Gasteiger partial charge in [-0.15, -0.1) is 0 Å². The molecule has 0 atom stereocenters. The summed E-state index contributed by atoms with van der Waals surface area (Å²) in [6.07, 6.45) is 3.28. The largest absolute Gasteiger partial charge is 0.495 e. The van der Waals surface area contributed by atoms with E-state index in [4.69, 9.17) is 21.1 Å². The summed E-state index contributed by atoms with van der Waals surface area (Å²) in [4.78, 5) is 14.0. The number of methoxy groups -OCH3 is 2. The van der Waals surface area contributed by atoms with Gasteiger partial charge in [-0.05, 0) is 25.3 Å². The number of hydrogen-bond acceptors (Lipinski definition) is 3. The molecule has 1 aromatic carbocycles. The average molecular weight is 299 g/mol. The van der Waals surface area contributed by atoms with Crippen LogP contribution in [0.15, 0.2) is 12.1 Å². The number of carbonyl (C=O) groups is 1. The van der Waals surface area contributed by atoms with E-state index in [1.165, 1.54) is 13.5 Å². The second kappa shape index (κ2) is 6.70. The van der Waals surface area contributed by atoms with Gasteiger partial charge in [0.25, 0.3) is 0 Å². The Labute approximate surface area is 123 Å². The molecule has 1 fully saturated rings. The van der Waals surface area contributed by atoms with Gasteiger partial charge < -0.3 is 19.7 Å². The number of nitrogens with one attached hydrogen (secondary N) is 1. The molecule has 20 heavy (non-hydrogen) atoms. The minimum Gasteiger partial charge on any atom is -0.495 e. The minimum absolute atomic E-state index is 0.121. The van der Waals surface area contributed by atoms with E-state index in [-0.39, 0.29) is 6.03 Å². The Hall–Kier alpha value is -1.62. The van der Waals surface area contributed by atoms with E-state index in [0.717, 1.165) is 25.9 Å². The van der Waals surface area contributed by atoms with Gasteiger partial charge in [0, 0.05) is 19.2 Å².